The van der Waals surface area contributed by atoms with Gasteiger partial charge in [-0.3, -0.25) is 14.3 Å². The number of fused-ring (bicyclic) bond motifs is 1. The number of carbonyl (C=O) groups excluding carboxylic acids is 2. The van der Waals surface area contributed by atoms with Crippen molar-refractivity contribution >= 4 is 33.3 Å². The van der Waals surface area contributed by atoms with Crippen LogP contribution < -0.4 is 10.0 Å². The number of hydrogen-bond acceptors (Lipinski definition) is 5. The lowest BCUT2D eigenvalue weighted by molar-refractivity contribution is -0.116. The third-order valence-electron chi connectivity index (χ3n) is 5.76. The van der Waals surface area contributed by atoms with E-state index in [1.807, 2.05) is 26.0 Å². The molecule has 0 atom stereocenters. The molecule has 0 radical (unpaired) electrons. The molecule has 0 saturated carbocycles. The normalized spacial score (nSPS) is 13.9. The van der Waals surface area contributed by atoms with Gasteiger partial charge in [-0.1, -0.05) is 44.2 Å². The van der Waals surface area contributed by atoms with Gasteiger partial charge in [0.1, 0.15) is 5.82 Å². The van der Waals surface area contributed by atoms with E-state index in [4.69, 9.17) is 0 Å². The van der Waals surface area contributed by atoms with Crippen LogP contribution >= 0.6 is 0 Å². The van der Waals surface area contributed by atoms with Crippen LogP contribution in [-0.4, -0.2) is 30.0 Å². The number of hydrogen-bond donors (Lipinski definition) is 2. The molecule has 8 nitrogen and oxygen atoms in total. The predicted molar refractivity (Wildman–Crippen MR) is 127 cm³/mol. The van der Waals surface area contributed by atoms with Crippen LogP contribution in [-0.2, 0) is 27.7 Å². The minimum Gasteiger partial charge on any atom is -0.310 e. The highest BCUT2D eigenvalue weighted by molar-refractivity contribution is 7.92. The smallest absolute Gasteiger partial charge is 0.262 e. The summed E-state index contributed by atoms with van der Waals surface area (Å²) >= 11 is 0. The average molecular weight is 467 g/mol. The number of rotatable bonds is 6. The van der Waals surface area contributed by atoms with Gasteiger partial charge in [0.25, 0.3) is 10.0 Å². The SMILES string of the molecule is CCc1ccccc1NS(=O)(=O)c1cc(-c2c(CC)nn3c2NC(=O)CCC3=O)ccc1C. The maximum Gasteiger partial charge on any atom is 0.262 e. The fourth-order valence-corrected chi connectivity index (χ4v) is 5.38. The van der Waals surface area contributed by atoms with Crippen LogP contribution in [0.1, 0.15) is 48.3 Å². The lowest BCUT2D eigenvalue weighted by Gasteiger charge is -2.15. The van der Waals surface area contributed by atoms with Gasteiger partial charge < -0.3 is 5.32 Å². The fraction of sp³-hybridized carbons (Fsp3) is 0.292. The minimum absolute atomic E-state index is 0.0669. The molecule has 2 N–H and O–H groups in total. The first-order valence-electron chi connectivity index (χ1n) is 10.9. The number of anilines is 2. The number of aryl methyl sites for hydroxylation is 3. The highest BCUT2D eigenvalue weighted by Gasteiger charge is 2.28. The molecule has 0 aliphatic carbocycles. The lowest BCUT2D eigenvalue weighted by atomic mass is 10.0. The Morgan fingerprint density at radius 1 is 1.06 bits per heavy atom. The Kier molecular flexibility index (Phi) is 6.07. The Morgan fingerprint density at radius 3 is 2.55 bits per heavy atom. The minimum atomic E-state index is -3.89. The Balaban J connectivity index is 1.83. The molecule has 3 aromatic rings. The molecule has 2 aromatic carbocycles. The van der Waals surface area contributed by atoms with E-state index in [0.717, 1.165) is 5.56 Å². The van der Waals surface area contributed by atoms with Crippen molar-refractivity contribution < 1.29 is 18.0 Å². The van der Waals surface area contributed by atoms with Crippen LogP contribution in [0.4, 0.5) is 11.5 Å². The van der Waals surface area contributed by atoms with Gasteiger partial charge in [0.05, 0.1) is 16.3 Å². The number of sulfonamides is 1. The summed E-state index contributed by atoms with van der Waals surface area (Å²) in [6.07, 6.45) is 1.35. The van der Waals surface area contributed by atoms with Crippen molar-refractivity contribution in [3.8, 4) is 11.1 Å². The van der Waals surface area contributed by atoms with Crippen molar-refractivity contribution in [1.82, 2.24) is 9.78 Å². The molecule has 9 heteroatoms. The summed E-state index contributed by atoms with van der Waals surface area (Å²) < 4.78 is 30.7. The average Bonchev–Trinajstić information content (AvgIpc) is 3.09. The summed E-state index contributed by atoms with van der Waals surface area (Å²) in [5.41, 5.74) is 3.75. The molecule has 0 saturated heterocycles. The molecular weight excluding hydrogens is 440 g/mol. The van der Waals surface area contributed by atoms with Gasteiger partial charge in [-0.25, -0.2) is 8.42 Å². The summed E-state index contributed by atoms with van der Waals surface area (Å²) in [4.78, 5) is 24.8. The topological polar surface area (TPSA) is 110 Å². The first-order chi connectivity index (χ1) is 15.7. The quantitative estimate of drug-likeness (QED) is 0.567. The van der Waals surface area contributed by atoms with Crippen molar-refractivity contribution in [1.29, 1.82) is 0 Å². The van der Waals surface area contributed by atoms with Crippen molar-refractivity contribution in [3.63, 3.8) is 0 Å². The molecule has 1 aliphatic rings. The van der Waals surface area contributed by atoms with Gasteiger partial charge in [0, 0.05) is 18.4 Å². The largest absolute Gasteiger partial charge is 0.310 e. The number of benzene rings is 2. The van der Waals surface area contributed by atoms with E-state index in [1.165, 1.54) is 4.68 Å². The van der Waals surface area contributed by atoms with Crippen LogP contribution in [0.3, 0.4) is 0 Å². The first-order valence-corrected chi connectivity index (χ1v) is 12.4. The number of carbonyl (C=O) groups is 2. The Morgan fingerprint density at radius 2 is 1.82 bits per heavy atom. The predicted octanol–water partition coefficient (Wildman–Crippen LogP) is 4.16. The molecule has 0 spiro atoms. The molecule has 0 fully saturated rings. The van der Waals surface area contributed by atoms with Crippen LogP contribution in [0, 0.1) is 6.92 Å². The zero-order valence-electron chi connectivity index (χ0n) is 18.8. The third kappa shape index (κ3) is 4.28. The fourth-order valence-electron chi connectivity index (χ4n) is 4.00. The van der Waals surface area contributed by atoms with Crippen molar-refractivity contribution in [2.75, 3.05) is 10.0 Å². The second-order valence-corrected chi connectivity index (χ2v) is 9.62. The van der Waals surface area contributed by atoms with E-state index in [9.17, 15) is 18.0 Å². The second kappa shape index (κ2) is 8.82. The molecule has 1 aromatic heterocycles. The van der Waals surface area contributed by atoms with E-state index in [-0.39, 0.29) is 35.4 Å². The number of nitrogens with one attached hydrogen (secondary N) is 2. The Bertz CT molecular complexity index is 1360. The number of amides is 1. The summed E-state index contributed by atoms with van der Waals surface area (Å²) in [6.45, 7) is 5.59. The molecular formula is C24H26N4O4S. The van der Waals surface area contributed by atoms with Crippen molar-refractivity contribution in [2.24, 2.45) is 0 Å². The van der Waals surface area contributed by atoms with E-state index in [0.29, 0.717) is 40.9 Å². The summed E-state index contributed by atoms with van der Waals surface area (Å²) in [7, 11) is -3.89. The number of para-hydroxylation sites is 1. The first kappa shape index (κ1) is 22.7. The monoisotopic (exact) mass is 466 g/mol. The highest BCUT2D eigenvalue weighted by Crippen LogP contribution is 2.36. The van der Waals surface area contributed by atoms with E-state index in [2.05, 4.69) is 15.1 Å². The molecule has 0 bridgehead atoms. The molecule has 1 aliphatic heterocycles. The van der Waals surface area contributed by atoms with E-state index in [1.54, 1.807) is 37.3 Å². The summed E-state index contributed by atoms with van der Waals surface area (Å²) in [5.74, 6) is -0.262. The van der Waals surface area contributed by atoms with Crippen LogP contribution in [0.2, 0.25) is 0 Å². The third-order valence-corrected chi connectivity index (χ3v) is 7.27. The molecule has 172 valence electrons. The van der Waals surface area contributed by atoms with Crippen LogP contribution in [0.15, 0.2) is 47.4 Å². The molecule has 1 amide bonds. The van der Waals surface area contributed by atoms with Crippen molar-refractivity contribution in [3.05, 3.63) is 59.3 Å². The Hall–Kier alpha value is -3.46. The van der Waals surface area contributed by atoms with Gasteiger partial charge in [-0.05, 0) is 48.6 Å². The molecule has 0 unspecified atom stereocenters. The maximum absolute atomic E-state index is 13.4. The summed E-state index contributed by atoms with van der Waals surface area (Å²) in [6, 6.07) is 12.4. The Labute approximate surface area is 193 Å². The summed E-state index contributed by atoms with van der Waals surface area (Å²) in [5, 5.41) is 7.19. The number of aromatic nitrogens is 2. The maximum atomic E-state index is 13.4. The van der Waals surface area contributed by atoms with Gasteiger partial charge >= 0.3 is 0 Å². The van der Waals surface area contributed by atoms with E-state index < -0.39 is 10.0 Å². The number of nitrogens with zero attached hydrogens (tertiary/aromatic N) is 2. The highest BCUT2D eigenvalue weighted by atomic mass is 32.2. The van der Waals surface area contributed by atoms with Gasteiger partial charge in [0.2, 0.25) is 11.8 Å². The molecule has 2 heterocycles. The molecule has 33 heavy (non-hydrogen) atoms. The van der Waals surface area contributed by atoms with E-state index >= 15 is 0 Å². The molecule has 4 rings (SSSR count). The van der Waals surface area contributed by atoms with Crippen molar-refractivity contribution in [2.45, 2.75) is 51.3 Å². The standard InChI is InChI=1S/C24H26N4O4S/c1-4-16-8-6-7-9-19(16)27-33(31,32)20-14-17(11-10-15(20)3)23-18(5-2)26-28-22(30)13-12-21(29)25-24(23)28/h6-11,14,27H,4-5,12-13H2,1-3H3,(H,25,29). The van der Waals surface area contributed by atoms with Gasteiger partial charge in [-0.2, -0.15) is 9.78 Å². The van der Waals surface area contributed by atoms with Crippen LogP contribution in [0.25, 0.3) is 11.1 Å². The zero-order valence-corrected chi connectivity index (χ0v) is 19.6. The van der Waals surface area contributed by atoms with Gasteiger partial charge in [-0.15, -0.1) is 0 Å². The lowest BCUT2D eigenvalue weighted by Crippen LogP contribution is -2.15. The van der Waals surface area contributed by atoms with Gasteiger partial charge in [0.15, 0.2) is 0 Å². The second-order valence-electron chi connectivity index (χ2n) is 7.97. The zero-order chi connectivity index (χ0) is 23.8. The van der Waals surface area contributed by atoms with Crippen LogP contribution in [0.5, 0.6) is 0 Å².